The second kappa shape index (κ2) is 10.4. The van der Waals surface area contributed by atoms with Gasteiger partial charge in [0.25, 0.3) is 0 Å². The Morgan fingerprint density at radius 1 is 1.18 bits per heavy atom. The minimum Gasteiger partial charge on any atom is -0.442 e. The summed E-state index contributed by atoms with van der Waals surface area (Å²) in [6.45, 7) is 1.20. The number of hydrogen-bond acceptors (Lipinski definition) is 9. The maximum absolute atomic E-state index is 14.8. The Labute approximate surface area is 195 Å². The van der Waals surface area contributed by atoms with Gasteiger partial charge in [0.1, 0.15) is 21.8 Å². The summed E-state index contributed by atoms with van der Waals surface area (Å²) in [6.07, 6.45) is -2.09. The Morgan fingerprint density at radius 3 is 2.44 bits per heavy atom. The number of amides is 3. The quantitative estimate of drug-likeness (QED) is 0.424. The van der Waals surface area contributed by atoms with Crippen molar-refractivity contribution in [2.75, 3.05) is 36.3 Å². The van der Waals surface area contributed by atoms with Crippen LogP contribution >= 0.6 is 0 Å². The molecule has 0 aliphatic carbocycles. The number of sulfone groups is 1. The Balaban J connectivity index is 1.64. The molecule has 2 saturated heterocycles. The molecule has 3 amide bonds. The van der Waals surface area contributed by atoms with Crippen LogP contribution in [-0.4, -0.2) is 74.9 Å². The van der Waals surface area contributed by atoms with Gasteiger partial charge in [-0.2, -0.15) is 0 Å². The van der Waals surface area contributed by atoms with E-state index in [9.17, 15) is 32.0 Å². The van der Waals surface area contributed by atoms with E-state index in [1.54, 1.807) is 6.07 Å². The van der Waals surface area contributed by atoms with E-state index in [1.165, 1.54) is 17.0 Å². The van der Waals surface area contributed by atoms with Gasteiger partial charge < -0.3 is 14.2 Å². The van der Waals surface area contributed by atoms with Gasteiger partial charge in [0.05, 0.1) is 30.3 Å². The number of cyclic esters (lactones) is 1. The van der Waals surface area contributed by atoms with Crippen molar-refractivity contribution in [3.8, 4) is 0 Å². The molecule has 1 unspecified atom stereocenters. The molecule has 1 aromatic carbocycles. The topological polar surface area (TPSA) is 137 Å². The van der Waals surface area contributed by atoms with Crippen LogP contribution in [0.2, 0.25) is 0 Å². The lowest BCUT2D eigenvalue weighted by molar-refractivity contribution is -0.150. The van der Waals surface area contributed by atoms with Gasteiger partial charge in [-0.15, -0.1) is 0 Å². The van der Waals surface area contributed by atoms with Gasteiger partial charge in [-0.3, -0.25) is 14.5 Å². The number of esters is 1. The molecular formula is C21H25FN2O9S. The summed E-state index contributed by atoms with van der Waals surface area (Å²) in [6, 6.07) is 4.25. The van der Waals surface area contributed by atoms with Crippen LogP contribution < -0.4 is 4.90 Å². The van der Waals surface area contributed by atoms with Crippen molar-refractivity contribution < 1.29 is 46.2 Å². The zero-order valence-electron chi connectivity index (χ0n) is 18.7. The molecular weight excluding hydrogens is 475 g/mol. The maximum Gasteiger partial charge on any atom is 0.419 e. The van der Waals surface area contributed by atoms with E-state index in [0.717, 1.165) is 13.8 Å². The van der Waals surface area contributed by atoms with E-state index >= 15 is 0 Å². The number of imide groups is 1. The number of halogens is 1. The van der Waals surface area contributed by atoms with Gasteiger partial charge >= 0.3 is 18.2 Å². The largest absolute Gasteiger partial charge is 0.442 e. The van der Waals surface area contributed by atoms with E-state index in [4.69, 9.17) is 9.47 Å². The number of rotatable bonds is 6. The molecule has 2 fully saturated rings. The van der Waals surface area contributed by atoms with Gasteiger partial charge in [0.15, 0.2) is 0 Å². The summed E-state index contributed by atoms with van der Waals surface area (Å²) in [5.74, 6) is -2.11. The molecule has 0 radical (unpaired) electrons. The molecule has 1 aromatic rings. The SMILES string of the molecule is CC(=O)OCOC(=O)N(CC1CN(c2ccc(C3CCS(=O)(=O)CC3)c(F)c2)C(=O)O1)C(C)=O. The van der Waals surface area contributed by atoms with E-state index < -0.39 is 52.6 Å². The van der Waals surface area contributed by atoms with Crippen molar-refractivity contribution in [2.45, 2.75) is 38.7 Å². The van der Waals surface area contributed by atoms with Crippen molar-refractivity contribution in [3.63, 3.8) is 0 Å². The van der Waals surface area contributed by atoms with Crippen molar-refractivity contribution in [1.82, 2.24) is 4.90 Å². The third kappa shape index (κ3) is 6.22. The van der Waals surface area contributed by atoms with Crippen LogP contribution in [0.4, 0.5) is 19.7 Å². The molecule has 0 spiro atoms. The molecule has 2 aliphatic rings. The summed E-state index contributed by atoms with van der Waals surface area (Å²) in [5.41, 5.74) is 0.616. The highest BCUT2D eigenvalue weighted by atomic mass is 32.2. The summed E-state index contributed by atoms with van der Waals surface area (Å²) in [7, 11) is -3.08. The van der Waals surface area contributed by atoms with Crippen LogP contribution in [0.1, 0.15) is 38.2 Å². The van der Waals surface area contributed by atoms with Crippen LogP contribution in [0.3, 0.4) is 0 Å². The average molecular weight is 501 g/mol. The Hall–Kier alpha value is -3.22. The van der Waals surface area contributed by atoms with Crippen LogP contribution in [0.15, 0.2) is 18.2 Å². The molecule has 1 atom stereocenters. The molecule has 3 rings (SSSR count). The van der Waals surface area contributed by atoms with Gasteiger partial charge in [0, 0.05) is 13.8 Å². The fourth-order valence-corrected chi connectivity index (χ4v) is 5.31. The fourth-order valence-electron chi connectivity index (χ4n) is 3.82. The van der Waals surface area contributed by atoms with Gasteiger partial charge in [-0.25, -0.2) is 27.3 Å². The first kappa shape index (κ1) is 25.4. The van der Waals surface area contributed by atoms with Crippen molar-refractivity contribution in [2.24, 2.45) is 0 Å². The van der Waals surface area contributed by atoms with Crippen LogP contribution in [0.25, 0.3) is 0 Å². The van der Waals surface area contributed by atoms with Gasteiger partial charge in [0.2, 0.25) is 12.7 Å². The highest BCUT2D eigenvalue weighted by Crippen LogP contribution is 2.33. The van der Waals surface area contributed by atoms with E-state index in [1.807, 2.05) is 0 Å². The molecule has 0 N–H and O–H groups in total. The van der Waals surface area contributed by atoms with Gasteiger partial charge in [-0.1, -0.05) is 6.07 Å². The predicted molar refractivity (Wildman–Crippen MR) is 115 cm³/mol. The monoisotopic (exact) mass is 500 g/mol. The van der Waals surface area contributed by atoms with Crippen molar-refractivity contribution in [1.29, 1.82) is 0 Å². The predicted octanol–water partition coefficient (Wildman–Crippen LogP) is 1.95. The van der Waals surface area contributed by atoms with Crippen LogP contribution in [0.5, 0.6) is 0 Å². The molecule has 11 nitrogen and oxygen atoms in total. The number of nitrogens with zero attached hydrogens (tertiary/aromatic N) is 2. The summed E-state index contributed by atoms with van der Waals surface area (Å²) < 4.78 is 52.5. The lowest BCUT2D eigenvalue weighted by Crippen LogP contribution is -2.42. The summed E-state index contributed by atoms with van der Waals surface area (Å²) in [4.78, 5) is 49.0. The van der Waals surface area contributed by atoms with E-state index in [2.05, 4.69) is 4.74 Å². The number of anilines is 1. The molecule has 2 heterocycles. The number of carbonyl (C=O) groups is 4. The van der Waals surface area contributed by atoms with Crippen molar-refractivity contribution in [3.05, 3.63) is 29.6 Å². The molecule has 34 heavy (non-hydrogen) atoms. The first-order chi connectivity index (χ1) is 16.0. The first-order valence-corrected chi connectivity index (χ1v) is 12.3. The van der Waals surface area contributed by atoms with Crippen LogP contribution in [0, 0.1) is 5.82 Å². The Bertz CT molecular complexity index is 1080. The molecule has 0 bridgehead atoms. The smallest absolute Gasteiger partial charge is 0.419 e. The minimum absolute atomic E-state index is 0.00888. The summed E-state index contributed by atoms with van der Waals surface area (Å²) >= 11 is 0. The summed E-state index contributed by atoms with van der Waals surface area (Å²) in [5, 5.41) is 0. The Kier molecular flexibility index (Phi) is 7.75. The second-order valence-electron chi connectivity index (χ2n) is 8.04. The van der Waals surface area contributed by atoms with Crippen molar-refractivity contribution >= 4 is 39.6 Å². The molecule has 13 heteroatoms. The number of benzene rings is 1. The fraction of sp³-hybridized carbons (Fsp3) is 0.524. The standard InChI is InChI=1S/C21H25FN2O9S/c1-13(25)23(20(27)32-12-31-14(2)26)10-17-11-24(21(28)33-17)16-3-4-18(19(22)9-16)15-5-7-34(29,30)8-6-15/h3-4,9,15,17H,5-8,10-12H2,1-2H3. The van der Waals surface area contributed by atoms with Crippen LogP contribution in [-0.2, 0) is 33.6 Å². The third-order valence-electron chi connectivity index (χ3n) is 5.60. The molecule has 186 valence electrons. The molecule has 2 aliphatic heterocycles. The molecule has 0 aromatic heterocycles. The zero-order valence-corrected chi connectivity index (χ0v) is 19.5. The lowest BCUT2D eigenvalue weighted by Gasteiger charge is -2.23. The molecule has 0 saturated carbocycles. The highest BCUT2D eigenvalue weighted by Gasteiger charge is 2.36. The lowest BCUT2D eigenvalue weighted by atomic mass is 9.93. The third-order valence-corrected chi connectivity index (χ3v) is 7.31. The average Bonchev–Trinajstić information content (AvgIpc) is 3.12. The maximum atomic E-state index is 14.8. The van der Waals surface area contributed by atoms with E-state index in [-0.39, 0.29) is 36.2 Å². The Morgan fingerprint density at radius 2 is 1.85 bits per heavy atom. The second-order valence-corrected chi connectivity index (χ2v) is 10.3. The first-order valence-electron chi connectivity index (χ1n) is 10.5. The highest BCUT2D eigenvalue weighted by molar-refractivity contribution is 7.91. The number of hydrogen-bond donors (Lipinski definition) is 0. The normalized spacial score (nSPS) is 19.9. The minimum atomic E-state index is -3.08. The van der Waals surface area contributed by atoms with Gasteiger partial charge in [-0.05, 0) is 36.5 Å². The van der Waals surface area contributed by atoms with E-state index in [0.29, 0.717) is 23.3 Å². The number of ether oxygens (including phenoxy) is 3. The number of carbonyl (C=O) groups excluding carboxylic acids is 4. The zero-order chi connectivity index (χ0) is 25.0.